The molecule has 0 heterocycles. The van der Waals surface area contributed by atoms with E-state index in [0.717, 1.165) is 23.5 Å². The third-order valence-corrected chi connectivity index (χ3v) is 3.69. The van der Waals surface area contributed by atoms with E-state index in [2.05, 4.69) is 6.92 Å². The minimum atomic E-state index is -0.987. The summed E-state index contributed by atoms with van der Waals surface area (Å²) in [6.45, 7) is 5.26. The highest BCUT2D eigenvalue weighted by atomic mass is 32.2. The van der Waals surface area contributed by atoms with Crippen molar-refractivity contribution in [2.24, 2.45) is 0 Å². The standard InChI is InChI=1S/C12H19NO2S/c1-3-6-15-7-8-16(14)12-5-4-11(13)9-10(12)2/h4-5,9H,3,6-8,13H2,1-2H3. The van der Waals surface area contributed by atoms with Crippen LogP contribution in [0.25, 0.3) is 0 Å². The van der Waals surface area contributed by atoms with Crippen LogP contribution in [0.5, 0.6) is 0 Å². The van der Waals surface area contributed by atoms with E-state index in [-0.39, 0.29) is 0 Å². The third kappa shape index (κ3) is 3.94. The fourth-order valence-corrected chi connectivity index (χ4v) is 2.55. The van der Waals surface area contributed by atoms with Gasteiger partial charge in [0.1, 0.15) is 0 Å². The first-order chi connectivity index (χ1) is 7.65. The molecule has 4 heteroatoms. The van der Waals surface area contributed by atoms with Crippen molar-refractivity contribution in [3.05, 3.63) is 23.8 Å². The Hall–Kier alpha value is -0.870. The summed E-state index contributed by atoms with van der Waals surface area (Å²) >= 11 is 0. The molecule has 2 N–H and O–H groups in total. The van der Waals surface area contributed by atoms with Gasteiger partial charge in [-0.1, -0.05) is 6.92 Å². The molecule has 0 fully saturated rings. The topological polar surface area (TPSA) is 52.3 Å². The van der Waals surface area contributed by atoms with Crippen LogP contribution in [0, 0.1) is 6.92 Å². The van der Waals surface area contributed by atoms with E-state index < -0.39 is 10.8 Å². The molecule has 1 unspecified atom stereocenters. The molecule has 0 aromatic heterocycles. The molecule has 0 spiro atoms. The molecule has 0 aliphatic rings. The number of hydrogen-bond donors (Lipinski definition) is 1. The van der Waals surface area contributed by atoms with Crippen LogP contribution < -0.4 is 5.73 Å². The van der Waals surface area contributed by atoms with Gasteiger partial charge in [-0.25, -0.2) is 0 Å². The van der Waals surface area contributed by atoms with Crippen LogP contribution in [0.4, 0.5) is 5.69 Å². The molecule has 1 aromatic carbocycles. The molecule has 0 aliphatic heterocycles. The maximum atomic E-state index is 11.9. The highest BCUT2D eigenvalue weighted by molar-refractivity contribution is 7.85. The Morgan fingerprint density at radius 1 is 1.38 bits per heavy atom. The third-order valence-electron chi connectivity index (χ3n) is 2.21. The summed E-state index contributed by atoms with van der Waals surface area (Å²) in [6.07, 6.45) is 0.994. The molecule has 1 rings (SSSR count). The average Bonchev–Trinajstić information content (AvgIpc) is 2.24. The Bertz CT molecular complexity index is 366. The van der Waals surface area contributed by atoms with E-state index in [4.69, 9.17) is 10.5 Å². The van der Waals surface area contributed by atoms with Crippen molar-refractivity contribution in [3.63, 3.8) is 0 Å². The lowest BCUT2D eigenvalue weighted by Gasteiger charge is -2.07. The summed E-state index contributed by atoms with van der Waals surface area (Å²) in [7, 11) is -0.987. The van der Waals surface area contributed by atoms with Gasteiger partial charge in [-0.3, -0.25) is 4.21 Å². The number of aryl methyl sites for hydroxylation is 1. The molecular formula is C12H19NO2S. The first-order valence-electron chi connectivity index (χ1n) is 5.47. The zero-order valence-corrected chi connectivity index (χ0v) is 10.7. The average molecular weight is 241 g/mol. The minimum absolute atomic E-state index is 0.546. The summed E-state index contributed by atoms with van der Waals surface area (Å²) in [4.78, 5) is 0.856. The maximum Gasteiger partial charge on any atom is 0.0585 e. The number of hydrogen-bond acceptors (Lipinski definition) is 3. The molecule has 1 aromatic rings. The second kappa shape index (κ2) is 6.66. The van der Waals surface area contributed by atoms with Crippen LogP contribution in [0.3, 0.4) is 0 Å². The predicted octanol–water partition coefficient (Wildman–Crippen LogP) is 2.11. The van der Waals surface area contributed by atoms with Gasteiger partial charge >= 0.3 is 0 Å². The van der Waals surface area contributed by atoms with E-state index in [1.165, 1.54) is 0 Å². The quantitative estimate of drug-likeness (QED) is 0.613. The van der Waals surface area contributed by atoms with Gasteiger partial charge in [0.2, 0.25) is 0 Å². The van der Waals surface area contributed by atoms with Gasteiger partial charge in [0.05, 0.1) is 23.2 Å². The molecular weight excluding hydrogens is 222 g/mol. The van der Waals surface area contributed by atoms with Gasteiger partial charge in [0, 0.05) is 17.2 Å². The molecule has 0 radical (unpaired) electrons. The Morgan fingerprint density at radius 2 is 2.12 bits per heavy atom. The molecule has 1 atom stereocenters. The van der Waals surface area contributed by atoms with Crippen molar-refractivity contribution in [2.45, 2.75) is 25.2 Å². The van der Waals surface area contributed by atoms with Crippen molar-refractivity contribution < 1.29 is 8.95 Å². The number of nitrogen functional groups attached to an aromatic ring is 1. The fourth-order valence-electron chi connectivity index (χ4n) is 1.42. The second-order valence-electron chi connectivity index (χ2n) is 3.69. The van der Waals surface area contributed by atoms with Crippen LogP contribution in [-0.2, 0) is 15.5 Å². The highest BCUT2D eigenvalue weighted by Crippen LogP contribution is 2.16. The molecule has 16 heavy (non-hydrogen) atoms. The van der Waals surface area contributed by atoms with Gasteiger partial charge in [-0.2, -0.15) is 0 Å². The van der Waals surface area contributed by atoms with Gasteiger partial charge in [0.15, 0.2) is 0 Å². The van der Waals surface area contributed by atoms with Gasteiger partial charge in [-0.15, -0.1) is 0 Å². The monoisotopic (exact) mass is 241 g/mol. The maximum absolute atomic E-state index is 11.9. The van der Waals surface area contributed by atoms with Crippen LogP contribution >= 0.6 is 0 Å². The van der Waals surface area contributed by atoms with Crippen LogP contribution in [-0.4, -0.2) is 23.2 Å². The van der Waals surface area contributed by atoms with E-state index >= 15 is 0 Å². The van der Waals surface area contributed by atoms with E-state index in [9.17, 15) is 4.21 Å². The summed E-state index contributed by atoms with van der Waals surface area (Å²) in [5.74, 6) is 0.546. The van der Waals surface area contributed by atoms with Crippen LogP contribution in [0.15, 0.2) is 23.1 Å². The zero-order chi connectivity index (χ0) is 12.0. The van der Waals surface area contributed by atoms with Crippen molar-refractivity contribution in [1.29, 1.82) is 0 Å². The lowest BCUT2D eigenvalue weighted by atomic mass is 10.2. The van der Waals surface area contributed by atoms with Crippen molar-refractivity contribution in [1.82, 2.24) is 0 Å². The number of nitrogens with two attached hydrogens (primary N) is 1. The summed E-state index contributed by atoms with van der Waals surface area (Å²) < 4.78 is 17.3. The molecule has 90 valence electrons. The Labute approximate surface area is 99.4 Å². The summed E-state index contributed by atoms with van der Waals surface area (Å²) in [5, 5.41) is 0. The fraction of sp³-hybridized carbons (Fsp3) is 0.500. The number of benzene rings is 1. The number of rotatable bonds is 6. The molecule has 0 aliphatic carbocycles. The Kier molecular flexibility index (Phi) is 5.49. The number of anilines is 1. The summed E-state index contributed by atoms with van der Waals surface area (Å²) in [5.41, 5.74) is 7.33. The van der Waals surface area contributed by atoms with Crippen molar-refractivity contribution >= 4 is 16.5 Å². The van der Waals surface area contributed by atoms with E-state index in [1.807, 2.05) is 19.1 Å². The highest BCUT2D eigenvalue weighted by Gasteiger charge is 2.07. The lowest BCUT2D eigenvalue weighted by molar-refractivity contribution is 0.150. The molecule has 0 amide bonds. The molecule has 0 bridgehead atoms. The molecule has 0 saturated heterocycles. The van der Waals surface area contributed by atoms with E-state index in [1.54, 1.807) is 6.07 Å². The smallest absolute Gasteiger partial charge is 0.0585 e. The van der Waals surface area contributed by atoms with E-state index in [0.29, 0.717) is 18.0 Å². The van der Waals surface area contributed by atoms with Gasteiger partial charge in [0.25, 0.3) is 0 Å². The predicted molar refractivity (Wildman–Crippen MR) is 68.0 cm³/mol. The second-order valence-corrected chi connectivity index (χ2v) is 5.23. The lowest BCUT2D eigenvalue weighted by Crippen LogP contribution is -2.08. The van der Waals surface area contributed by atoms with Gasteiger partial charge < -0.3 is 10.5 Å². The Balaban J connectivity index is 2.53. The first-order valence-corrected chi connectivity index (χ1v) is 6.79. The normalized spacial score (nSPS) is 12.6. The van der Waals surface area contributed by atoms with Crippen LogP contribution in [0.1, 0.15) is 18.9 Å². The van der Waals surface area contributed by atoms with Crippen LogP contribution in [0.2, 0.25) is 0 Å². The van der Waals surface area contributed by atoms with Crippen molar-refractivity contribution in [3.8, 4) is 0 Å². The summed E-state index contributed by atoms with van der Waals surface area (Å²) in [6, 6.07) is 5.47. The molecule has 0 saturated carbocycles. The number of ether oxygens (including phenoxy) is 1. The van der Waals surface area contributed by atoms with Gasteiger partial charge in [-0.05, 0) is 37.1 Å². The SMILES string of the molecule is CCCOCCS(=O)c1ccc(N)cc1C. The molecule has 3 nitrogen and oxygen atoms in total. The largest absolute Gasteiger partial charge is 0.399 e. The first kappa shape index (κ1) is 13.2. The Morgan fingerprint density at radius 3 is 2.75 bits per heavy atom. The van der Waals surface area contributed by atoms with Crippen molar-refractivity contribution in [2.75, 3.05) is 24.7 Å². The zero-order valence-electron chi connectivity index (χ0n) is 9.86. The minimum Gasteiger partial charge on any atom is -0.399 e.